The summed E-state index contributed by atoms with van der Waals surface area (Å²) in [7, 11) is -0.0918. The first-order chi connectivity index (χ1) is 4.06. The van der Waals surface area contributed by atoms with E-state index in [1.807, 2.05) is 0 Å². The van der Waals surface area contributed by atoms with Gasteiger partial charge < -0.3 is 9.05 Å². The first-order valence-corrected chi connectivity index (χ1v) is 4.13. The molecule has 0 N–H and O–H groups in total. The monoisotopic (exact) mass is 240 g/mol. The van der Waals surface area contributed by atoms with E-state index in [1.54, 1.807) is 13.8 Å². The second kappa shape index (κ2) is 5.85. The van der Waals surface area contributed by atoms with Crippen LogP contribution in [0, 0.1) is 5.66 Å². The maximum absolute atomic E-state index is 11.2. The Kier molecular flexibility index (Phi) is 8.08. The van der Waals surface area contributed by atoms with Crippen LogP contribution in [-0.2, 0) is 46.3 Å². The average molecular weight is 240 g/mol. The molecule has 0 spiro atoms. The van der Waals surface area contributed by atoms with Crippen LogP contribution >= 0.6 is 7.60 Å². The molecule has 5 heteroatoms. The maximum Gasteiger partial charge on any atom is 3.00 e. The van der Waals surface area contributed by atoms with E-state index in [1.165, 1.54) is 14.2 Å². The first-order valence-electron chi connectivity index (χ1n) is 2.59. The minimum Gasteiger partial charge on any atom is -0.334 e. The molecule has 0 aromatic heterocycles. The normalized spacial score (nSPS) is 11.3. The van der Waals surface area contributed by atoms with Crippen LogP contribution in [0.25, 0.3) is 0 Å². The molecule has 0 fully saturated rings. The van der Waals surface area contributed by atoms with Crippen LogP contribution in [0.1, 0.15) is 13.8 Å². The van der Waals surface area contributed by atoms with Gasteiger partial charge in [0.15, 0.2) is 7.60 Å². The summed E-state index contributed by atoms with van der Waals surface area (Å²) >= 11 is 0. The molecule has 0 rings (SSSR count). The molecule has 0 aliphatic heterocycles. The summed E-state index contributed by atoms with van der Waals surface area (Å²) in [6, 6.07) is 0. The van der Waals surface area contributed by atoms with E-state index in [0.29, 0.717) is 5.66 Å². The Morgan fingerprint density at radius 2 is 1.50 bits per heavy atom. The van der Waals surface area contributed by atoms with Crippen LogP contribution in [0.15, 0.2) is 0 Å². The van der Waals surface area contributed by atoms with Gasteiger partial charge in [0.05, 0.1) is 0 Å². The van der Waals surface area contributed by atoms with Crippen LogP contribution < -0.4 is 0 Å². The summed E-state index contributed by atoms with van der Waals surface area (Å²) in [4.78, 5) is 0. The van der Waals surface area contributed by atoms with E-state index < -0.39 is 7.60 Å². The van der Waals surface area contributed by atoms with E-state index in [9.17, 15) is 4.57 Å². The molecule has 0 heterocycles. The van der Waals surface area contributed by atoms with Crippen molar-refractivity contribution in [3.05, 3.63) is 5.66 Å². The number of hydrogen-bond acceptors (Lipinski definition) is 3. The van der Waals surface area contributed by atoms with Gasteiger partial charge in [-0.25, -0.2) is 5.66 Å². The second-order valence-corrected chi connectivity index (χ2v) is 4.43. The molecular formula is C5H12O3PY+2. The molecule has 0 aliphatic rings. The van der Waals surface area contributed by atoms with Crippen LogP contribution in [0.4, 0.5) is 0 Å². The molecule has 0 aliphatic carbocycles. The Morgan fingerprint density at radius 3 is 1.50 bits per heavy atom. The molecule has 56 valence electrons. The van der Waals surface area contributed by atoms with Crippen LogP contribution in [0.2, 0.25) is 0 Å². The minimum atomic E-state index is -2.84. The third-order valence-corrected chi connectivity index (χ3v) is 3.09. The molecule has 3 nitrogen and oxygen atoms in total. The average Bonchev–Trinajstić information content (AvgIpc) is 1.86. The molecule has 0 amide bonds. The molecule has 10 heavy (non-hydrogen) atoms. The van der Waals surface area contributed by atoms with Crippen molar-refractivity contribution in [3.8, 4) is 0 Å². The van der Waals surface area contributed by atoms with Gasteiger partial charge in [-0.05, 0) is 0 Å². The largest absolute Gasteiger partial charge is 3.00 e. The summed E-state index contributed by atoms with van der Waals surface area (Å²) < 4.78 is 20.5. The first kappa shape index (κ1) is 13.8. The van der Waals surface area contributed by atoms with E-state index >= 15 is 0 Å². The van der Waals surface area contributed by atoms with E-state index in [2.05, 4.69) is 9.05 Å². The molecule has 0 aromatic rings. The zero-order valence-corrected chi connectivity index (χ0v) is 10.5. The fourth-order valence-corrected chi connectivity index (χ4v) is 1.32. The molecule has 0 aromatic carbocycles. The van der Waals surface area contributed by atoms with Crippen molar-refractivity contribution in [2.45, 2.75) is 13.8 Å². The van der Waals surface area contributed by atoms with Crippen molar-refractivity contribution in [1.29, 1.82) is 0 Å². The van der Waals surface area contributed by atoms with Gasteiger partial charge in [0, 0.05) is 14.2 Å². The Bertz CT molecular complexity index is 118. The van der Waals surface area contributed by atoms with Crippen LogP contribution in [-0.4, -0.2) is 14.2 Å². The van der Waals surface area contributed by atoms with Crippen LogP contribution in [0.3, 0.4) is 0 Å². The van der Waals surface area contributed by atoms with Crippen molar-refractivity contribution in [1.82, 2.24) is 0 Å². The molecular weight excluding hydrogens is 228 g/mol. The summed E-state index contributed by atoms with van der Waals surface area (Å²) in [5, 5.41) is 0. The van der Waals surface area contributed by atoms with Gasteiger partial charge in [-0.2, -0.15) is 13.8 Å². The predicted molar refractivity (Wildman–Crippen MR) is 36.2 cm³/mol. The summed E-state index contributed by atoms with van der Waals surface area (Å²) in [5.74, 6) is 0. The Labute approximate surface area is 87.3 Å². The fraction of sp³-hybridized carbons (Fsp3) is 0.800. The fourth-order valence-electron chi connectivity index (χ4n) is 0.440. The van der Waals surface area contributed by atoms with Gasteiger partial charge in [0.1, 0.15) is 0 Å². The number of rotatable bonds is 3. The van der Waals surface area contributed by atoms with E-state index in [4.69, 9.17) is 0 Å². The Morgan fingerprint density at radius 1 is 1.20 bits per heavy atom. The van der Waals surface area contributed by atoms with Gasteiger partial charge in [-0.15, -0.1) is 0 Å². The Balaban J connectivity index is 0. The SMILES string of the molecule is COP(=O)(OC)[C-](C)C.[Y+3]. The minimum absolute atomic E-state index is 0. The molecule has 0 unspecified atom stereocenters. The second-order valence-electron chi connectivity index (χ2n) is 1.81. The third-order valence-electron chi connectivity index (χ3n) is 1.03. The van der Waals surface area contributed by atoms with Gasteiger partial charge in [0.25, 0.3) is 0 Å². The van der Waals surface area contributed by atoms with Crippen LogP contribution in [0.5, 0.6) is 0 Å². The van der Waals surface area contributed by atoms with Gasteiger partial charge in [-0.3, -0.25) is 4.57 Å². The van der Waals surface area contributed by atoms with Gasteiger partial charge >= 0.3 is 32.7 Å². The van der Waals surface area contributed by atoms with Crippen molar-refractivity contribution >= 4 is 7.60 Å². The predicted octanol–water partition coefficient (Wildman–Crippen LogP) is 2.04. The molecule has 0 saturated carbocycles. The zero-order valence-electron chi connectivity index (χ0n) is 6.75. The molecule has 0 atom stereocenters. The van der Waals surface area contributed by atoms with Crippen molar-refractivity contribution in [3.63, 3.8) is 0 Å². The quantitative estimate of drug-likeness (QED) is 0.559. The summed E-state index contributed by atoms with van der Waals surface area (Å²) in [6.07, 6.45) is 0. The van der Waals surface area contributed by atoms with Crippen molar-refractivity contribution in [2.75, 3.05) is 14.2 Å². The maximum atomic E-state index is 11.2. The molecule has 0 radical (unpaired) electrons. The summed E-state index contributed by atoms with van der Waals surface area (Å²) in [5.41, 5.74) is 0.674. The molecule has 0 saturated heterocycles. The van der Waals surface area contributed by atoms with E-state index in [-0.39, 0.29) is 32.7 Å². The summed E-state index contributed by atoms with van der Waals surface area (Å²) in [6.45, 7) is 3.43. The topological polar surface area (TPSA) is 35.5 Å². The number of hydrogen-bond donors (Lipinski definition) is 0. The Hall–Kier alpha value is 1.25. The third kappa shape index (κ3) is 3.59. The standard InChI is InChI=1S/C5H12O3P.Y/c1-5(2)9(6,7-3)8-4;/h1-4H3;/q-1;+3. The zero-order chi connectivity index (χ0) is 7.49. The smallest absolute Gasteiger partial charge is 0.334 e. The van der Waals surface area contributed by atoms with Gasteiger partial charge in [-0.1, -0.05) is 0 Å². The van der Waals surface area contributed by atoms with E-state index in [0.717, 1.165) is 0 Å². The van der Waals surface area contributed by atoms with Crippen molar-refractivity contribution in [2.24, 2.45) is 0 Å². The van der Waals surface area contributed by atoms with Crippen molar-refractivity contribution < 1.29 is 46.3 Å². The molecule has 0 bridgehead atoms. The van der Waals surface area contributed by atoms with Gasteiger partial charge in [0.2, 0.25) is 0 Å².